The molecule has 0 spiro atoms. The standard InChI is InChI=1S/C38H44O9/c1-41-35-17-13-27(23-37(35)43-3)11-15-33(39)29-7-5-9-31(25-29)46-21-19-45-20-22-47-32-10-6-8-30(26-32)34(40)16-12-28-14-18-36(42-2)38(24-28)44-4/h5-10,13-14,17-19,21,23-26,33-34,39-40H,11-12,15-16,20,22H2,1-4H3/b21-19+/t33?,34-/m1/s1. The SMILES string of the molecule is COc1ccc(CCC(O)c2cccc(O/C=C/OCCOc3cccc([C@H](O)CCc4ccc(OC)c(OC)c4)c3)c2)cc1OC. The number of benzene rings is 4. The van der Waals surface area contributed by atoms with Crippen LogP contribution < -0.4 is 28.4 Å². The molecule has 0 aromatic heterocycles. The van der Waals surface area contributed by atoms with Gasteiger partial charge in [-0.15, -0.1) is 0 Å². The third-order valence-electron chi connectivity index (χ3n) is 7.62. The first-order valence-corrected chi connectivity index (χ1v) is 15.5. The summed E-state index contributed by atoms with van der Waals surface area (Å²) in [6.45, 7) is 0.623. The fraction of sp³-hybridized carbons (Fsp3) is 0.316. The molecule has 4 rings (SSSR count). The van der Waals surface area contributed by atoms with Gasteiger partial charge in [0.2, 0.25) is 0 Å². The van der Waals surface area contributed by atoms with Gasteiger partial charge in [-0.25, -0.2) is 0 Å². The zero-order valence-corrected chi connectivity index (χ0v) is 27.4. The number of hydrogen-bond acceptors (Lipinski definition) is 9. The molecule has 0 aliphatic carbocycles. The quantitative estimate of drug-likeness (QED) is 0.0825. The Bertz CT molecular complexity index is 1570. The van der Waals surface area contributed by atoms with Gasteiger partial charge in [0.25, 0.3) is 0 Å². The van der Waals surface area contributed by atoms with Crippen molar-refractivity contribution in [3.63, 3.8) is 0 Å². The van der Waals surface area contributed by atoms with E-state index in [9.17, 15) is 10.2 Å². The molecule has 0 heterocycles. The molecule has 0 fully saturated rings. The molecular formula is C38H44O9. The Kier molecular flexibility index (Phi) is 13.6. The van der Waals surface area contributed by atoms with Crippen molar-refractivity contribution >= 4 is 0 Å². The zero-order chi connectivity index (χ0) is 33.4. The summed E-state index contributed by atoms with van der Waals surface area (Å²) in [5.74, 6) is 3.92. The minimum atomic E-state index is -0.652. The van der Waals surface area contributed by atoms with Gasteiger partial charge in [-0.1, -0.05) is 36.4 Å². The summed E-state index contributed by atoms with van der Waals surface area (Å²) in [5, 5.41) is 21.5. The molecule has 0 saturated carbocycles. The normalized spacial score (nSPS) is 12.3. The first kappa shape index (κ1) is 35.0. The van der Waals surface area contributed by atoms with Crippen molar-refractivity contribution < 1.29 is 43.4 Å². The molecule has 2 atom stereocenters. The van der Waals surface area contributed by atoms with E-state index in [-0.39, 0.29) is 0 Å². The van der Waals surface area contributed by atoms with Crippen LogP contribution in [0.5, 0.6) is 34.5 Å². The van der Waals surface area contributed by atoms with E-state index in [2.05, 4.69) is 0 Å². The van der Waals surface area contributed by atoms with Gasteiger partial charge < -0.3 is 43.4 Å². The first-order chi connectivity index (χ1) is 22.9. The lowest BCUT2D eigenvalue weighted by molar-refractivity contribution is 0.164. The van der Waals surface area contributed by atoms with Gasteiger partial charge >= 0.3 is 0 Å². The van der Waals surface area contributed by atoms with Crippen molar-refractivity contribution in [1.82, 2.24) is 0 Å². The number of aryl methyl sites for hydroxylation is 2. The van der Waals surface area contributed by atoms with Crippen LogP contribution in [0.25, 0.3) is 0 Å². The zero-order valence-electron chi connectivity index (χ0n) is 27.4. The Morgan fingerprint density at radius 3 is 1.60 bits per heavy atom. The Morgan fingerprint density at radius 1 is 0.553 bits per heavy atom. The molecular weight excluding hydrogens is 600 g/mol. The minimum absolute atomic E-state index is 0.306. The molecule has 250 valence electrons. The van der Waals surface area contributed by atoms with Crippen LogP contribution in [-0.2, 0) is 17.6 Å². The Hall–Kier alpha value is -4.86. The molecule has 9 nitrogen and oxygen atoms in total. The van der Waals surface area contributed by atoms with Crippen LogP contribution in [0.1, 0.15) is 47.3 Å². The van der Waals surface area contributed by atoms with Gasteiger partial charge in [-0.3, -0.25) is 0 Å². The second-order valence-electron chi connectivity index (χ2n) is 10.7. The van der Waals surface area contributed by atoms with E-state index in [1.807, 2.05) is 84.9 Å². The summed E-state index contributed by atoms with van der Waals surface area (Å²) in [6, 6.07) is 26.3. The molecule has 0 radical (unpaired) electrons. The minimum Gasteiger partial charge on any atom is -0.494 e. The van der Waals surface area contributed by atoms with Gasteiger partial charge in [0, 0.05) is 0 Å². The highest BCUT2D eigenvalue weighted by Crippen LogP contribution is 2.31. The summed E-state index contributed by atoms with van der Waals surface area (Å²) >= 11 is 0. The van der Waals surface area contributed by atoms with Crippen LogP contribution in [0.2, 0.25) is 0 Å². The van der Waals surface area contributed by atoms with E-state index in [1.165, 1.54) is 12.5 Å². The molecule has 9 heteroatoms. The highest BCUT2D eigenvalue weighted by molar-refractivity contribution is 5.44. The van der Waals surface area contributed by atoms with Gasteiger partial charge in [-0.2, -0.15) is 0 Å². The number of methoxy groups -OCH3 is 4. The van der Waals surface area contributed by atoms with Crippen molar-refractivity contribution in [2.75, 3.05) is 41.7 Å². The number of aliphatic hydroxyl groups excluding tert-OH is 2. The van der Waals surface area contributed by atoms with E-state index in [0.717, 1.165) is 22.3 Å². The summed E-state index contributed by atoms with van der Waals surface area (Å²) in [7, 11) is 6.42. The summed E-state index contributed by atoms with van der Waals surface area (Å²) < 4.78 is 38.3. The summed E-state index contributed by atoms with van der Waals surface area (Å²) in [4.78, 5) is 0. The van der Waals surface area contributed by atoms with E-state index in [1.54, 1.807) is 28.4 Å². The maximum Gasteiger partial charge on any atom is 0.160 e. The summed E-state index contributed by atoms with van der Waals surface area (Å²) in [5.41, 5.74) is 3.64. The number of ether oxygens (including phenoxy) is 7. The summed E-state index contributed by atoms with van der Waals surface area (Å²) in [6.07, 6.45) is 4.06. The molecule has 0 aliphatic heterocycles. The molecule has 0 amide bonds. The van der Waals surface area contributed by atoms with Crippen molar-refractivity contribution in [2.45, 2.75) is 37.9 Å². The molecule has 4 aromatic carbocycles. The van der Waals surface area contributed by atoms with Crippen molar-refractivity contribution in [3.8, 4) is 34.5 Å². The molecule has 1 unspecified atom stereocenters. The van der Waals surface area contributed by atoms with Gasteiger partial charge in [0.15, 0.2) is 23.0 Å². The molecule has 0 saturated heterocycles. The fourth-order valence-corrected chi connectivity index (χ4v) is 5.04. The first-order valence-electron chi connectivity index (χ1n) is 15.5. The predicted molar refractivity (Wildman–Crippen MR) is 180 cm³/mol. The monoisotopic (exact) mass is 644 g/mol. The van der Waals surface area contributed by atoms with E-state index >= 15 is 0 Å². The largest absolute Gasteiger partial charge is 0.494 e. The van der Waals surface area contributed by atoms with Crippen LogP contribution in [0.3, 0.4) is 0 Å². The average molecular weight is 645 g/mol. The van der Waals surface area contributed by atoms with Gasteiger partial charge in [-0.05, 0) is 96.5 Å². The Labute approximate surface area is 276 Å². The second-order valence-corrected chi connectivity index (χ2v) is 10.7. The molecule has 0 bridgehead atoms. The number of rotatable bonds is 19. The fourth-order valence-electron chi connectivity index (χ4n) is 5.04. The highest BCUT2D eigenvalue weighted by atomic mass is 16.5. The van der Waals surface area contributed by atoms with Crippen LogP contribution in [-0.4, -0.2) is 51.9 Å². The van der Waals surface area contributed by atoms with E-state index < -0.39 is 12.2 Å². The van der Waals surface area contributed by atoms with Gasteiger partial charge in [0.05, 0.1) is 40.6 Å². The lowest BCUT2D eigenvalue weighted by Gasteiger charge is -2.14. The highest BCUT2D eigenvalue weighted by Gasteiger charge is 2.12. The third-order valence-corrected chi connectivity index (χ3v) is 7.62. The van der Waals surface area contributed by atoms with E-state index in [4.69, 9.17) is 33.2 Å². The van der Waals surface area contributed by atoms with E-state index in [0.29, 0.717) is 73.4 Å². The van der Waals surface area contributed by atoms with Crippen LogP contribution in [0, 0.1) is 0 Å². The maximum atomic E-state index is 10.8. The molecule has 0 aliphatic rings. The molecule has 47 heavy (non-hydrogen) atoms. The Balaban J connectivity index is 1.16. The average Bonchev–Trinajstić information content (AvgIpc) is 3.12. The third kappa shape index (κ3) is 10.6. The van der Waals surface area contributed by atoms with Crippen molar-refractivity contribution in [3.05, 3.63) is 120 Å². The lowest BCUT2D eigenvalue weighted by atomic mass is 10.0. The number of hydrogen-bond donors (Lipinski definition) is 2. The van der Waals surface area contributed by atoms with Crippen LogP contribution in [0.4, 0.5) is 0 Å². The van der Waals surface area contributed by atoms with Crippen molar-refractivity contribution in [2.24, 2.45) is 0 Å². The van der Waals surface area contributed by atoms with Crippen LogP contribution in [0.15, 0.2) is 97.5 Å². The maximum absolute atomic E-state index is 10.8. The topological polar surface area (TPSA) is 105 Å². The van der Waals surface area contributed by atoms with Crippen LogP contribution >= 0.6 is 0 Å². The number of aliphatic hydroxyl groups is 2. The predicted octanol–water partition coefficient (Wildman–Crippen LogP) is 7.00. The molecule has 4 aromatic rings. The molecule has 2 N–H and O–H groups in total. The lowest BCUT2D eigenvalue weighted by Crippen LogP contribution is -2.05. The smallest absolute Gasteiger partial charge is 0.160 e. The van der Waals surface area contributed by atoms with Crippen molar-refractivity contribution in [1.29, 1.82) is 0 Å². The second kappa shape index (κ2) is 18.3. The Morgan fingerprint density at radius 2 is 1.06 bits per heavy atom. The van der Waals surface area contributed by atoms with Gasteiger partial charge in [0.1, 0.15) is 37.2 Å².